The number of hydrogen-bond donors (Lipinski definition) is 0. The molecule has 6 heteroatoms. The molecule has 352 valence electrons. The highest BCUT2D eigenvalue weighted by molar-refractivity contribution is 5.71. The number of carbonyl (C=O) groups excluding carboxylic acids is 3. The van der Waals surface area contributed by atoms with Crippen LogP contribution in [0.4, 0.5) is 0 Å². The third-order valence-corrected chi connectivity index (χ3v) is 11.7. The van der Waals surface area contributed by atoms with Crippen molar-refractivity contribution in [1.82, 2.24) is 0 Å². The molecule has 0 fully saturated rings. The smallest absolute Gasteiger partial charge is 0.306 e. The molecule has 0 heterocycles. The van der Waals surface area contributed by atoms with Gasteiger partial charge in [0.2, 0.25) is 0 Å². The van der Waals surface area contributed by atoms with Crippen molar-refractivity contribution in [3.63, 3.8) is 0 Å². The van der Waals surface area contributed by atoms with Gasteiger partial charge in [-0.2, -0.15) is 0 Å². The van der Waals surface area contributed by atoms with E-state index in [1.807, 2.05) is 0 Å². The summed E-state index contributed by atoms with van der Waals surface area (Å²) in [5, 5.41) is 0. The van der Waals surface area contributed by atoms with Crippen LogP contribution < -0.4 is 0 Å². The molecule has 0 bridgehead atoms. The van der Waals surface area contributed by atoms with E-state index in [0.29, 0.717) is 19.3 Å². The molecule has 0 unspecified atom stereocenters. The van der Waals surface area contributed by atoms with Crippen LogP contribution in [0.5, 0.6) is 0 Å². The quantitative estimate of drug-likeness (QED) is 0.0263. The van der Waals surface area contributed by atoms with Gasteiger partial charge in [0, 0.05) is 19.3 Å². The predicted molar refractivity (Wildman–Crippen MR) is 256 cm³/mol. The lowest BCUT2D eigenvalue weighted by Gasteiger charge is -2.18. The van der Waals surface area contributed by atoms with Gasteiger partial charge in [-0.25, -0.2) is 0 Å². The fraction of sp³-hybridized carbons (Fsp3) is 0.870. The molecule has 0 aromatic heterocycles. The number of carbonyl (C=O) groups is 3. The van der Waals surface area contributed by atoms with Gasteiger partial charge in [-0.3, -0.25) is 14.4 Å². The van der Waals surface area contributed by atoms with E-state index in [4.69, 9.17) is 14.2 Å². The largest absolute Gasteiger partial charge is 0.462 e. The highest BCUT2D eigenvalue weighted by atomic mass is 16.6. The van der Waals surface area contributed by atoms with Gasteiger partial charge >= 0.3 is 17.9 Å². The Morgan fingerprint density at radius 1 is 0.317 bits per heavy atom. The summed E-state index contributed by atoms with van der Waals surface area (Å²) in [6.45, 7) is 6.63. The molecule has 0 rings (SSSR count). The monoisotopic (exact) mass is 845 g/mol. The first-order valence-electron chi connectivity index (χ1n) is 26.3. The van der Waals surface area contributed by atoms with Crippen LogP contribution in [0, 0.1) is 0 Å². The lowest BCUT2D eigenvalue weighted by Crippen LogP contribution is -2.30. The van der Waals surface area contributed by atoms with Crippen LogP contribution in [0.15, 0.2) is 24.3 Å². The molecule has 0 spiro atoms. The van der Waals surface area contributed by atoms with Crippen molar-refractivity contribution in [2.24, 2.45) is 0 Å². The second-order valence-electron chi connectivity index (χ2n) is 17.8. The SMILES string of the molecule is CCCCCC/C=C\CCCCCCCCCC(=O)OC[C@@H](COC(=O)CCCCCCC/C=C\CCCCCCCC)OC(=O)CCCCCCCCCCCCCC. The Labute approximate surface area is 373 Å². The molecule has 0 aliphatic rings. The van der Waals surface area contributed by atoms with Gasteiger partial charge in [-0.15, -0.1) is 0 Å². The van der Waals surface area contributed by atoms with Crippen molar-refractivity contribution >= 4 is 17.9 Å². The van der Waals surface area contributed by atoms with Gasteiger partial charge < -0.3 is 14.2 Å². The Balaban J connectivity index is 4.34. The number of ether oxygens (including phenoxy) is 3. The third-order valence-electron chi connectivity index (χ3n) is 11.7. The average Bonchev–Trinajstić information content (AvgIpc) is 3.24. The lowest BCUT2D eigenvalue weighted by molar-refractivity contribution is -0.167. The summed E-state index contributed by atoms with van der Waals surface area (Å²) in [7, 11) is 0. The third kappa shape index (κ3) is 46.9. The summed E-state index contributed by atoms with van der Waals surface area (Å²) in [5.41, 5.74) is 0. The zero-order chi connectivity index (χ0) is 43.7. The van der Waals surface area contributed by atoms with Gasteiger partial charge in [-0.1, -0.05) is 218 Å². The van der Waals surface area contributed by atoms with E-state index in [1.165, 1.54) is 180 Å². The Morgan fingerprint density at radius 3 is 0.850 bits per heavy atom. The number of unbranched alkanes of at least 4 members (excludes halogenated alkanes) is 33. The fourth-order valence-electron chi connectivity index (χ4n) is 7.67. The van der Waals surface area contributed by atoms with Crippen LogP contribution in [-0.4, -0.2) is 37.2 Å². The fourth-order valence-corrected chi connectivity index (χ4v) is 7.67. The van der Waals surface area contributed by atoms with Crippen LogP contribution >= 0.6 is 0 Å². The molecule has 0 radical (unpaired) electrons. The van der Waals surface area contributed by atoms with Crippen LogP contribution in [-0.2, 0) is 28.6 Å². The molecule has 6 nitrogen and oxygen atoms in total. The first-order chi connectivity index (χ1) is 29.5. The van der Waals surface area contributed by atoms with Crippen LogP contribution in [0.3, 0.4) is 0 Å². The van der Waals surface area contributed by atoms with Gasteiger partial charge in [0.05, 0.1) is 0 Å². The van der Waals surface area contributed by atoms with Gasteiger partial charge in [0.15, 0.2) is 6.10 Å². The molecule has 0 aromatic carbocycles. The summed E-state index contributed by atoms with van der Waals surface area (Å²) in [6.07, 6.45) is 55.8. The van der Waals surface area contributed by atoms with Gasteiger partial charge in [0.25, 0.3) is 0 Å². The summed E-state index contributed by atoms with van der Waals surface area (Å²) in [4.78, 5) is 38.0. The number of allylic oxidation sites excluding steroid dienone is 4. The van der Waals surface area contributed by atoms with Crippen molar-refractivity contribution < 1.29 is 28.6 Å². The normalized spacial score (nSPS) is 12.1. The molecule has 60 heavy (non-hydrogen) atoms. The van der Waals surface area contributed by atoms with Crippen LogP contribution in [0.2, 0.25) is 0 Å². The van der Waals surface area contributed by atoms with E-state index >= 15 is 0 Å². The van der Waals surface area contributed by atoms with E-state index in [2.05, 4.69) is 45.1 Å². The van der Waals surface area contributed by atoms with Crippen molar-refractivity contribution in [1.29, 1.82) is 0 Å². The second-order valence-corrected chi connectivity index (χ2v) is 17.8. The zero-order valence-corrected chi connectivity index (χ0v) is 40.2. The number of hydrogen-bond acceptors (Lipinski definition) is 6. The molecular formula is C54H100O6. The van der Waals surface area contributed by atoms with E-state index in [9.17, 15) is 14.4 Å². The second kappa shape index (κ2) is 49.5. The van der Waals surface area contributed by atoms with Crippen LogP contribution in [0.25, 0.3) is 0 Å². The predicted octanol–water partition coefficient (Wildman–Crippen LogP) is 17.2. The Kier molecular flexibility index (Phi) is 47.8. The molecule has 0 N–H and O–H groups in total. The maximum atomic E-state index is 12.8. The average molecular weight is 845 g/mol. The highest BCUT2D eigenvalue weighted by Crippen LogP contribution is 2.15. The van der Waals surface area contributed by atoms with Crippen molar-refractivity contribution in [2.75, 3.05) is 13.2 Å². The van der Waals surface area contributed by atoms with Crippen molar-refractivity contribution in [3.05, 3.63) is 24.3 Å². The maximum Gasteiger partial charge on any atom is 0.306 e. The summed E-state index contributed by atoms with van der Waals surface area (Å²) in [5.74, 6) is -0.872. The molecule has 0 saturated heterocycles. The maximum absolute atomic E-state index is 12.8. The zero-order valence-electron chi connectivity index (χ0n) is 40.2. The molecule has 0 saturated carbocycles. The molecule has 0 aliphatic carbocycles. The standard InChI is InChI=1S/C54H100O6/c1-4-7-10-13-16-19-22-25-27-29-32-34-37-40-43-46-52(55)58-49-51(60-54(57)48-45-42-39-36-31-24-21-18-15-12-9-6-3)50-59-53(56)47-44-41-38-35-33-30-28-26-23-20-17-14-11-8-5-2/h19,22,26,28,51H,4-18,20-21,23-25,27,29-50H2,1-3H3/b22-19-,28-26-/t51-/m0/s1. The minimum Gasteiger partial charge on any atom is -0.462 e. The van der Waals surface area contributed by atoms with Crippen molar-refractivity contribution in [3.8, 4) is 0 Å². The Hall–Kier alpha value is -2.11. The van der Waals surface area contributed by atoms with E-state index in [-0.39, 0.29) is 31.1 Å². The Bertz CT molecular complexity index is 973. The molecule has 1 atom stereocenters. The minimum absolute atomic E-state index is 0.0725. The first kappa shape index (κ1) is 57.9. The summed E-state index contributed by atoms with van der Waals surface area (Å²) >= 11 is 0. The van der Waals surface area contributed by atoms with Crippen LogP contribution in [0.1, 0.15) is 284 Å². The molecule has 0 aliphatic heterocycles. The lowest BCUT2D eigenvalue weighted by atomic mass is 10.0. The topological polar surface area (TPSA) is 78.9 Å². The highest BCUT2D eigenvalue weighted by Gasteiger charge is 2.19. The number of rotatable bonds is 48. The molecule has 0 aromatic rings. The first-order valence-corrected chi connectivity index (χ1v) is 26.3. The summed E-state index contributed by atoms with van der Waals surface area (Å²) in [6, 6.07) is 0. The van der Waals surface area contributed by atoms with E-state index in [0.717, 1.165) is 64.2 Å². The van der Waals surface area contributed by atoms with E-state index in [1.54, 1.807) is 0 Å². The van der Waals surface area contributed by atoms with Gasteiger partial charge in [0.1, 0.15) is 13.2 Å². The minimum atomic E-state index is -0.771. The van der Waals surface area contributed by atoms with Gasteiger partial charge in [-0.05, 0) is 70.6 Å². The van der Waals surface area contributed by atoms with E-state index < -0.39 is 6.10 Å². The number of esters is 3. The van der Waals surface area contributed by atoms with Crippen molar-refractivity contribution in [2.45, 2.75) is 290 Å². The molecular weight excluding hydrogens is 745 g/mol. The molecule has 0 amide bonds. The summed E-state index contributed by atoms with van der Waals surface area (Å²) < 4.78 is 16.8. The Morgan fingerprint density at radius 2 is 0.550 bits per heavy atom.